The zero-order valence-electron chi connectivity index (χ0n) is 10.8. The zero-order chi connectivity index (χ0) is 12.4. The maximum atomic E-state index is 9.13. The van der Waals surface area contributed by atoms with Gasteiger partial charge in [-0.25, -0.2) is 4.98 Å². The average molecular weight is 229 g/mol. The highest BCUT2D eigenvalue weighted by Gasteiger charge is 2.27. The van der Waals surface area contributed by atoms with Crippen LogP contribution >= 0.6 is 0 Å². The molecule has 0 bridgehead atoms. The van der Waals surface area contributed by atoms with Crippen molar-refractivity contribution in [2.75, 3.05) is 18.0 Å². The molecule has 0 radical (unpaired) electrons. The lowest BCUT2D eigenvalue weighted by Crippen LogP contribution is -2.23. The Labute approximate surface area is 103 Å². The predicted octanol–water partition coefficient (Wildman–Crippen LogP) is 2.74. The lowest BCUT2D eigenvalue weighted by Gasteiger charge is -2.20. The van der Waals surface area contributed by atoms with E-state index < -0.39 is 0 Å². The molecule has 3 nitrogen and oxygen atoms in total. The van der Waals surface area contributed by atoms with E-state index in [4.69, 9.17) is 5.26 Å². The Hall–Kier alpha value is -1.56. The van der Waals surface area contributed by atoms with Crippen molar-refractivity contribution < 1.29 is 0 Å². The van der Waals surface area contributed by atoms with Crippen LogP contribution in [0.1, 0.15) is 31.5 Å². The monoisotopic (exact) mass is 229 g/mol. The molecule has 0 aromatic carbocycles. The molecule has 0 amide bonds. The summed E-state index contributed by atoms with van der Waals surface area (Å²) in [7, 11) is 0. The van der Waals surface area contributed by atoms with Gasteiger partial charge in [0.15, 0.2) is 0 Å². The highest BCUT2D eigenvalue weighted by atomic mass is 15.2. The molecule has 1 unspecified atom stereocenters. The van der Waals surface area contributed by atoms with Gasteiger partial charge in [0.05, 0.1) is 5.56 Å². The summed E-state index contributed by atoms with van der Waals surface area (Å²) >= 11 is 0. The highest BCUT2D eigenvalue weighted by Crippen LogP contribution is 2.29. The Morgan fingerprint density at radius 1 is 1.47 bits per heavy atom. The second-order valence-electron chi connectivity index (χ2n) is 5.17. The first-order valence-corrected chi connectivity index (χ1v) is 6.24. The van der Waals surface area contributed by atoms with Gasteiger partial charge in [0.25, 0.3) is 0 Å². The maximum absolute atomic E-state index is 9.13. The van der Waals surface area contributed by atoms with Crippen LogP contribution in [0.2, 0.25) is 0 Å². The van der Waals surface area contributed by atoms with Gasteiger partial charge in [0.1, 0.15) is 11.9 Å². The second-order valence-corrected chi connectivity index (χ2v) is 5.17. The lowest BCUT2D eigenvalue weighted by atomic mass is 9.95. The summed E-state index contributed by atoms with van der Waals surface area (Å²) in [6.07, 6.45) is 1.21. The second kappa shape index (κ2) is 4.75. The number of aryl methyl sites for hydroxylation is 1. The molecule has 1 aromatic rings. The van der Waals surface area contributed by atoms with Crippen molar-refractivity contribution in [2.45, 2.75) is 27.2 Å². The van der Waals surface area contributed by atoms with Gasteiger partial charge in [0.2, 0.25) is 0 Å². The third-order valence-electron chi connectivity index (χ3n) is 3.60. The number of nitriles is 1. The molecule has 90 valence electrons. The molecule has 0 aliphatic carbocycles. The van der Waals surface area contributed by atoms with E-state index in [1.165, 1.54) is 6.42 Å². The minimum atomic E-state index is 0.694. The maximum Gasteiger partial charge on any atom is 0.146 e. The Balaban J connectivity index is 2.24. The predicted molar refractivity (Wildman–Crippen MR) is 68.8 cm³/mol. The van der Waals surface area contributed by atoms with Gasteiger partial charge in [0, 0.05) is 18.8 Å². The van der Waals surface area contributed by atoms with E-state index >= 15 is 0 Å². The summed E-state index contributed by atoms with van der Waals surface area (Å²) in [6.45, 7) is 8.56. The van der Waals surface area contributed by atoms with Crippen molar-refractivity contribution in [1.29, 1.82) is 5.26 Å². The van der Waals surface area contributed by atoms with Crippen molar-refractivity contribution in [3.8, 4) is 6.07 Å². The van der Waals surface area contributed by atoms with E-state index in [1.54, 1.807) is 0 Å². The summed E-state index contributed by atoms with van der Waals surface area (Å²) in [6, 6.07) is 6.02. The van der Waals surface area contributed by atoms with Crippen LogP contribution in [0.3, 0.4) is 0 Å². The van der Waals surface area contributed by atoms with E-state index in [0.717, 1.165) is 30.5 Å². The van der Waals surface area contributed by atoms with Gasteiger partial charge in [-0.1, -0.05) is 13.8 Å². The molecule has 1 aliphatic heterocycles. The minimum absolute atomic E-state index is 0.694. The molecule has 1 saturated heterocycles. The van der Waals surface area contributed by atoms with E-state index in [0.29, 0.717) is 11.5 Å². The van der Waals surface area contributed by atoms with E-state index in [1.807, 2.05) is 19.1 Å². The number of pyridine rings is 1. The van der Waals surface area contributed by atoms with Crippen LogP contribution in [0.15, 0.2) is 12.1 Å². The van der Waals surface area contributed by atoms with Gasteiger partial charge in [-0.15, -0.1) is 0 Å². The van der Waals surface area contributed by atoms with Crippen LogP contribution in [-0.4, -0.2) is 18.1 Å². The third kappa shape index (κ3) is 2.41. The van der Waals surface area contributed by atoms with E-state index in [2.05, 4.69) is 29.8 Å². The van der Waals surface area contributed by atoms with E-state index in [9.17, 15) is 0 Å². The first-order chi connectivity index (χ1) is 8.11. The molecule has 1 aliphatic rings. The molecule has 1 aromatic heterocycles. The molecule has 2 heterocycles. The first kappa shape index (κ1) is 11.9. The topological polar surface area (TPSA) is 39.9 Å². The van der Waals surface area contributed by atoms with Crippen LogP contribution in [0.4, 0.5) is 5.82 Å². The summed E-state index contributed by atoms with van der Waals surface area (Å²) in [5.74, 6) is 2.30. The average Bonchev–Trinajstić information content (AvgIpc) is 2.78. The third-order valence-corrected chi connectivity index (χ3v) is 3.60. The molecule has 1 atom stereocenters. The molecular formula is C14H19N3. The Morgan fingerprint density at radius 2 is 2.24 bits per heavy atom. The zero-order valence-corrected chi connectivity index (χ0v) is 10.8. The van der Waals surface area contributed by atoms with Gasteiger partial charge in [-0.3, -0.25) is 0 Å². The van der Waals surface area contributed by atoms with Crippen LogP contribution in [-0.2, 0) is 0 Å². The molecule has 17 heavy (non-hydrogen) atoms. The largest absolute Gasteiger partial charge is 0.355 e. The molecule has 0 saturated carbocycles. The lowest BCUT2D eigenvalue weighted by molar-refractivity contribution is 0.422. The van der Waals surface area contributed by atoms with Crippen LogP contribution < -0.4 is 4.90 Å². The number of hydrogen-bond donors (Lipinski definition) is 0. The number of aromatic nitrogens is 1. The summed E-state index contributed by atoms with van der Waals surface area (Å²) in [5, 5.41) is 9.13. The highest BCUT2D eigenvalue weighted by molar-refractivity contribution is 5.54. The molecule has 0 N–H and O–H groups in total. The molecule has 0 spiro atoms. The number of anilines is 1. The fourth-order valence-corrected chi connectivity index (χ4v) is 2.40. The van der Waals surface area contributed by atoms with Gasteiger partial charge < -0.3 is 4.90 Å². The first-order valence-electron chi connectivity index (χ1n) is 6.24. The number of hydrogen-bond acceptors (Lipinski definition) is 3. The van der Waals surface area contributed by atoms with Gasteiger partial charge >= 0.3 is 0 Å². The smallest absolute Gasteiger partial charge is 0.146 e. The fourth-order valence-electron chi connectivity index (χ4n) is 2.40. The summed E-state index contributed by atoms with van der Waals surface area (Å²) < 4.78 is 0. The Kier molecular flexibility index (Phi) is 3.33. The van der Waals surface area contributed by atoms with Gasteiger partial charge in [-0.05, 0) is 37.3 Å². The van der Waals surface area contributed by atoms with Crippen LogP contribution in [0, 0.1) is 30.1 Å². The summed E-state index contributed by atoms with van der Waals surface area (Å²) in [5.41, 5.74) is 1.67. The van der Waals surface area contributed by atoms with Crippen molar-refractivity contribution >= 4 is 5.82 Å². The quantitative estimate of drug-likeness (QED) is 0.783. The Bertz CT molecular complexity index is 445. The molecule has 2 rings (SSSR count). The van der Waals surface area contributed by atoms with Crippen molar-refractivity contribution in [3.63, 3.8) is 0 Å². The van der Waals surface area contributed by atoms with E-state index in [-0.39, 0.29) is 0 Å². The molecule has 1 fully saturated rings. The summed E-state index contributed by atoms with van der Waals surface area (Å²) in [4.78, 5) is 6.78. The number of rotatable bonds is 2. The minimum Gasteiger partial charge on any atom is -0.355 e. The van der Waals surface area contributed by atoms with Crippen molar-refractivity contribution in [3.05, 3.63) is 23.4 Å². The van der Waals surface area contributed by atoms with Crippen molar-refractivity contribution in [2.24, 2.45) is 11.8 Å². The number of nitrogens with zero attached hydrogens (tertiary/aromatic N) is 3. The SMILES string of the molecule is Cc1ccc(C#N)c(N2CCC(C(C)C)C2)n1. The fraction of sp³-hybridized carbons (Fsp3) is 0.571. The standard InChI is InChI=1S/C14H19N3/c1-10(2)13-6-7-17(9-13)14-12(8-15)5-4-11(3)16-14/h4-5,10,13H,6-7,9H2,1-3H3. The van der Waals surface area contributed by atoms with Gasteiger partial charge in [-0.2, -0.15) is 5.26 Å². The molecule has 3 heteroatoms. The van der Waals surface area contributed by atoms with Crippen LogP contribution in [0.5, 0.6) is 0 Å². The van der Waals surface area contributed by atoms with Crippen molar-refractivity contribution in [1.82, 2.24) is 4.98 Å². The molecular weight excluding hydrogens is 210 g/mol. The van der Waals surface area contributed by atoms with Crippen LogP contribution in [0.25, 0.3) is 0 Å². The Morgan fingerprint density at radius 3 is 2.82 bits per heavy atom. The normalized spacial score (nSPS) is 19.7.